The van der Waals surface area contributed by atoms with Crippen LogP contribution in [0.25, 0.3) is 10.9 Å². The van der Waals surface area contributed by atoms with Crippen molar-refractivity contribution in [3.05, 3.63) is 83.9 Å². The molecule has 1 amide bonds. The first kappa shape index (κ1) is 27.4. The van der Waals surface area contributed by atoms with Gasteiger partial charge in [-0.25, -0.2) is 13.4 Å². The fraction of sp³-hybridized carbons (Fsp3) is 0.300. The van der Waals surface area contributed by atoms with Crippen LogP contribution in [-0.4, -0.2) is 50.5 Å². The largest absolute Gasteiger partial charge is 0.362 e. The van der Waals surface area contributed by atoms with Gasteiger partial charge in [-0.2, -0.15) is 4.98 Å². The molecule has 5 rings (SSSR count). The Hall–Kier alpha value is -4.18. The number of carbonyl (C=O) groups is 1. The van der Waals surface area contributed by atoms with Gasteiger partial charge in [-0.1, -0.05) is 35.9 Å². The molecule has 1 aliphatic carbocycles. The van der Waals surface area contributed by atoms with Crippen molar-refractivity contribution in [3.63, 3.8) is 0 Å². The third-order valence-electron chi connectivity index (χ3n) is 7.11. The highest BCUT2D eigenvalue weighted by Gasteiger charge is 2.24. The van der Waals surface area contributed by atoms with Gasteiger partial charge >= 0.3 is 0 Å². The first-order chi connectivity index (χ1) is 19.2. The van der Waals surface area contributed by atoms with Crippen LogP contribution in [0.3, 0.4) is 0 Å². The Balaban J connectivity index is 1.18. The smallest absolute Gasteiger partial charge is 0.261 e. The number of carbonyl (C=O) groups excluding carboxylic acids is 1. The second kappa shape index (κ2) is 11.5. The summed E-state index contributed by atoms with van der Waals surface area (Å²) >= 11 is 0. The number of benzene rings is 3. The maximum absolute atomic E-state index is 13.0. The van der Waals surface area contributed by atoms with Crippen LogP contribution in [0.5, 0.6) is 0 Å². The van der Waals surface area contributed by atoms with Crippen LogP contribution in [0, 0.1) is 6.92 Å². The summed E-state index contributed by atoms with van der Waals surface area (Å²) in [6.45, 7) is 1.90. The highest BCUT2D eigenvalue weighted by molar-refractivity contribution is 7.92. The Morgan fingerprint density at radius 2 is 1.57 bits per heavy atom. The van der Waals surface area contributed by atoms with Gasteiger partial charge in [-0.05, 0) is 75.1 Å². The summed E-state index contributed by atoms with van der Waals surface area (Å²) in [6, 6.07) is 21.4. The van der Waals surface area contributed by atoms with Gasteiger partial charge in [-0.3, -0.25) is 9.52 Å². The summed E-state index contributed by atoms with van der Waals surface area (Å²) in [7, 11) is 0.194. The lowest BCUT2D eigenvalue weighted by Crippen LogP contribution is -2.40. The lowest BCUT2D eigenvalue weighted by Gasteiger charge is -2.30. The lowest BCUT2D eigenvalue weighted by molar-refractivity contribution is 0.0926. The number of hydrogen-bond acceptors (Lipinski definition) is 7. The zero-order chi connectivity index (χ0) is 28.3. The number of amides is 1. The normalized spacial score (nSPS) is 17.3. The minimum Gasteiger partial charge on any atom is -0.362 e. The molecule has 1 aromatic heterocycles. The van der Waals surface area contributed by atoms with E-state index in [4.69, 9.17) is 9.97 Å². The molecule has 1 heterocycles. The molecule has 1 aliphatic rings. The minimum absolute atomic E-state index is 0.0355. The molecule has 0 saturated heterocycles. The molecule has 0 unspecified atom stereocenters. The van der Waals surface area contributed by atoms with E-state index in [-0.39, 0.29) is 22.9 Å². The Bertz CT molecular complexity index is 1610. The summed E-state index contributed by atoms with van der Waals surface area (Å²) < 4.78 is 28.1. The molecule has 0 aliphatic heterocycles. The van der Waals surface area contributed by atoms with Crippen molar-refractivity contribution in [3.8, 4) is 0 Å². The van der Waals surface area contributed by atoms with E-state index in [0.717, 1.165) is 48.0 Å². The SMILES string of the molecule is Cc1ccc(S(=O)(=O)Nc2cccc(C(=O)N[C@H]3CC[C@@H](Nc4nc(N(C)C)c5ccccc5n4)CC3)c2)cc1. The first-order valence-electron chi connectivity index (χ1n) is 13.4. The monoisotopic (exact) mass is 558 g/mol. The first-order valence-corrected chi connectivity index (χ1v) is 14.9. The van der Waals surface area contributed by atoms with E-state index in [0.29, 0.717) is 17.2 Å². The fourth-order valence-electron chi connectivity index (χ4n) is 4.95. The van der Waals surface area contributed by atoms with E-state index >= 15 is 0 Å². The number of para-hydroxylation sites is 1. The van der Waals surface area contributed by atoms with Crippen LogP contribution in [0.1, 0.15) is 41.6 Å². The Kier molecular flexibility index (Phi) is 7.88. The number of rotatable bonds is 8. The van der Waals surface area contributed by atoms with E-state index < -0.39 is 10.0 Å². The van der Waals surface area contributed by atoms with E-state index in [2.05, 4.69) is 15.4 Å². The van der Waals surface area contributed by atoms with Gasteiger partial charge < -0.3 is 15.5 Å². The van der Waals surface area contributed by atoms with Gasteiger partial charge in [-0.15, -0.1) is 0 Å². The standard InChI is InChI=1S/C30H34N6O3S/c1-20-11-17-25(18-12-20)40(38,39)35-24-8-6-7-21(19-24)29(37)31-22-13-15-23(16-14-22)32-30-33-27-10-5-4-9-26(27)28(34-30)36(2)3/h4-12,17-19,22-23,35H,13-16H2,1-3H3,(H,31,37)(H,32,33,34)/t22-,23+. The van der Waals surface area contributed by atoms with E-state index in [9.17, 15) is 13.2 Å². The number of fused-ring (bicyclic) bond motifs is 1. The Morgan fingerprint density at radius 3 is 2.30 bits per heavy atom. The van der Waals surface area contributed by atoms with Crippen molar-refractivity contribution < 1.29 is 13.2 Å². The van der Waals surface area contributed by atoms with E-state index in [1.165, 1.54) is 0 Å². The molecule has 4 aromatic rings. The summed E-state index contributed by atoms with van der Waals surface area (Å²) in [5.74, 6) is 1.26. The summed E-state index contributed by atoms with van der Waals surface area (Å²) in [6.07, 6.45) is 3.37. The average Bonchev–Trinajstić information content (AvgIpc) is 2.93. The molecule has 10 heteroatoms. The number of nitrogens with one attached hydrogen (secondary N) is 3. The number of aromatic nitrogens is 2. The summed E-state index contributed by atoms with van der Waals surface area (Å²) in [5, 5.41) is 7.62. The molecule has 0 atom stereocenters. The number of anilines is 3. The molecule has 1 fully saturated rings. The number of sulfonamides is 1. The van der Waals surface area contributed by atoms with Crippen molar-refractivity contribution in [1.29, 1.82) is 0 Å². The fourth-order valence-corrected chi connectivity index (χ4v) is 6.00. The van der Waals surface area contributed by atoms with Gasteiger partial charge in [0.25, 0.3) is 15.9 Å². The van der Waals surface area contributed by atoms with Gasteiger partial charge in [0.15, 0.2) is 0 Å². The third-order valence-corrected chi connectivity index (χ3v) is 8.51. The van der Waals surface area contributed by atoms with Crippen LogP contribution in [0.2, 0.25) is 0 Å². The summed E-state index contributed by atoms with van der Waals surface area (Å²) in [4.78, 5) is 24.6. The number of hydrogen-bond donors (Lipinski definition) is 3. The maximum atomic E-state index is 13.0. The van der Waals surface area contributed by atoms with Crippen LogP contribution in [0.15, 0.2) is 77.7 Å². The Labute approximate surface area is 235 Å². The maximum Gasteiger partial charge on any atom is 0.261 e. The van der Waals surface area contributed by atoms with E-state index in [1.54, 1.807) is 48.5 Å². The van der Waals surface area contributed by atoms with Crippen LogP contribution >= 0.6 is 0 Å². The van der Waals surface area contributed by atoms with Crippen molar-refractivity contribution >= 4 is 44.3 Å². The Morgan fingerprint density at radius 1 is 0.875 bits per heavy atom. The predicted octanol–water partition coefficient (Wildman–Crippen LogP) is 4.96. The molecule has 208 valence electrons. The zero-order valence-corrected chi connectivity index (χ0v) is 23.7. The molecule has 0 radical (unpaired) electrons. The van der Waals surface area contributed by atoms with Crippen LogP contribution < -0.4 is 20.3 Å². The minimum atomic E-state index is -3.75. The van der Waals surface area contributed by atoms with Gasteiger partial charge in [0.05, 0.1) is 10.4 Å². The van der Waals surface area contributed by atoms with Crippen molar-refractivity contribution in [1.82, 2.24) is 15.3 Å². The van der Waals surface area contributed by atoms with Crippen molar-refractivity contribution in [2.75, 3.05) is 29.0 Å². The third kappa shape index (κ3) is 6.34. The molecular weight excluding hydrogens is 524 g/mol. The zero-order valence-electron chi connectivity index (χ0n) is 22.9. The molecule has 0 bridgehead atoms. The van der Waals surface area contributed by atoms with Crippen molar-refractivity contribution in [2.45, 2.75) is 49.6 Å². The topological polar surface area (TPSA) is 116 Å². The predicted molar refractivity (Wildman–Crippen MR) is 159 cm³/mol. The van der Waals surface area contributed by atoms with Gasteiger partial charge in [0.1, 0.15) is 5.82 Å². The van der Waals surface area contributed by atoms with Crippen molar-refractivity contribution in [2.24, 2.45) is 0 Å². The highest BCUT2D eigenvalue weighted by Crippen LogP contribution is 2.27. The van der Waals surface area contributed by atoms with Crippen LogP contribution in [0.4, 0.5) is 17.5 Å². The second-order valence-electron chi connectivity index (χ2n) is 10.4. The molecule has 40 heavy (non-hydrogen) atoms. The van der Waals surface area contributed by atoms with Gasteiger partial charge in [0, 0.05) is 42.8 Å². The highest BCUT2D eigenvalue weighted by atomic mass is 32.2. The summed E-state index contributed by atoms with van der Waals surface area (Å²) in [5.41, 5.74) is 2.62. The second-order valence-corrected chi connectivity index (χ2v) is 12.1. The van der Waals surface area contributed by atoms with Gasteiger partial charge in [0.2, 0.25) is 5.95 Å². The number of nitrogens with zero attached hydrogens (tertiary/aromatic N) is 3. The molecule has 1 saturated carbocycles. The molecule has 3 aromatic carbocycles. The molecule has 3 N–H and O–H groups in total. The quantitative estimate of drug-likeness (QED) is 0.280. The average molecular weight is 559 g/mol. The lowest BCUT2D eigenvalue weighted by atomic mass is 9.91. The van der Waals surface area contributed by atoms with Crippen LogP contribution in [-0.2, 0) is 10.0 Å². The number of aryl methyl sites for hydroxylation is 1. The molecule has 9 nitrogen and oxygen atoms in total. The molecular formula is C30H34N6O3S. The van der Waals surface area contributed by atoms with E-state index in [1.807, 2.05) is 50.2 Å². The molecule has 0 spiro atoms.